The number of rotatable bonds is 5. The normalized spacial score (nSPS) is 17.0. The van der Waals surface area contributed by atoms with E-state index in [1.165, 1.54) is 11.0 Å². The fourth-order valence-corrected chi connectivity index (χ4v) is 3.31. The molecule has 1 atom stereocenters. The van der Waals surface area contributed by atoms with Gasteiger partial charge in [-0.05, 0) is 26.7 Å². The van der Waals surface area contributed by atoms with E-state index in [4.69, 9.17) is 4.74 Å². The van der Waals surface area contributed by atoms with Crippen molar-refractivity contribution in [2.45, 2.75) is 64.6 Å². The third kappa shape index (κ3) is 4.43. The van der Waals surface area contributed by atoms with Crippen LogP contribution in [0.25, 0.3) is 0 Å². The van der Waals surface area contributed by atoms with Crippen LogP contribution >= 0.6 is 11.3 Å². The highest BCUT2D eigenvalue weighted by Gasteiger charge is 2.22. The van der Waals surface area contributed by atoms with Crippen LogP contribution in [0.5, 0.6) is 0 Å². The molecule has 0 spiro atoms. The van der Waals surface area contributed by atoms with Crippen LogP contribution in [-0.2, 0) is 20.9 Å². The Kier molecular flexibility index (Phi) is 5.76. The van der Waals surface area contributed by atoms with E-state index < -0.39 is 12.1 Å². The summed E-state index contributed by atoms with van der Waals surface area (Å²) in [5.74, 6) is -0.843. The van der Waals surface area contributed by atoms with Gasteiger partial charge in [0.25, 0.3) is 5.91 Å². The molecule has 1 aliphatic rings. The van der Waals surface area contributed by atoms with E-state index in [1.54, 1.807) is 19.2 Å². The third-order valence-corrected chi connectivity index (χ3v) is 4.77. The standard InChI is InChI=1S/C15H22N2O4S/c1-10-9-22-15(20)17(10)8-13(18)21-11(2)14(19)16-12-6-4-3-5-7-12/h9,11-12H,3-8H2,1-2H3,(H,16,19)/t11-/m1/s1. The third-order valence-electron chi connectivity index (χ3n) is 3.89. The highest BCUT2D eigenvalue weighted by molar-refractivity contribution is 7.07. The van der Waals surface area contributed by atoms with Gasteiger partial charge in [-0.15, -0.1) is 0 Å². The number of nitrogens with zero attached hydrogens (tertiary/aromatic N) is 1. The second-order valence-corrected chi connectivity index (χ2v) is 6.53. The second-order valence-electron chi connectivity index (χ2n) is 5.70. The van der Waals surface area contributed by atoms with Crippen molar-refractivity contribution in [3.63, 3.8) is 0 Å². The summed E-state index contributed by atoms with van der Waals surface area (Å²) >= 11 is 1.04. The van der Waals surface area contributed by atoms with Gasteiger partial charge in [0.2, 0.25) is 0 Å². The summed E-state index contributed by atoms with van der Waals surface area (Å²) in [6.45, 7) is 3.15. The molecule has 1 heterocycles. The number of esters is 1. The molecule has 0 bridgehead atoms. The van der Waals surface area contributed by atoms with E-state index in [1.807, 2.05) is 0 Å². The zero-order chi connectivity index (χ0) is 16.1. The van der Waals surface area contributed by atoms with E-state index in [-0.39, 0.29) is 23.4 Å². The molecule has 22 heavy (non-hydrogen) atoms. The van der Waals surface area contributed by atoms with E-state index >= 15 is 0 Å². The Labute approximate surface area is 133 Å². The van der Waals surface area contributed by atoms with Crippen molar-refractivity contribution < 1.29 is 14.3 Å². The molecule has 1 aromatic rings. The van der Waals surface area contributed by atoms with Gasteiger partial charge in [0, 0.05) is 17.1 Å². The lowest BCUT2D eigenvalue weighted by atomic mass is 9.95. The number of amides is 1. The number of aromatic nitrogens is 1. The highest BCUT2D eigenvalue weighted by atomic mass is 32.1. The van der Waals surface area contributed by atoms with Crippen molar-refractivity contribution in [3.8, 4) is 0 Å². The molecule has 1 aromatic heterocycles. The van der Waals surface area contributed by atoms with Gasteiger partial charge in [-0.25, -0.2) is 0 Å². The van der Waals surface area contributed by atoms with Crippen LogP contribution in [0, 0.1) is 6.92 Å². The molecular weight excluding hydrogens is 304 g/mol. The van der Waals surface area contributed by atoms with Crippen LogP contribution in [0.15, 0.2) is 10.2 Å². The van der Waals surface area contributed by atoms with E-state index in [0.717, 1.165) is 37.0 Å². The molecule has 1 saturated carbocycles. The van der Waals surface area contributed by atoms with Gasteiger partial charge < -0.3 is 10.1 Å². The van der Waals surface area contributed by atoms with Crippen molar-refractivity contribution in [2.75, 3.05) is 0 Å². The van der Waals surface area contributed by atoms with Gasteiger partial charge in [0.1, 0.15) is 6.54 Å². The van der Waals surface area contributed by atoms with E-state index in [0.29, 0.717) is 5.69 Å². The summed E-state index contributed by atoms with van der Waals surface area (Å²) in [7, 11) is 0. The number of nitrogens with one attached hydrogen (secondary N) is 1. The second kappa shape index (κ2) is 7.58. The van der Waals surface area contributed by atoms with Crippen molar-refractivity contribution in [2.24, 2.45) is 0 Å². The molecule has 1 amide bonds. The smallest absolute Gasteiger partial charge is 0.326 e. The molecule has 0 unspecified atom stereocenters. The minimum atomic E-state index is -0.843. The zero-order valence-electron chi connectivity index (χ0n) is 13.0. The Hall–Kier alpha value is -1.63. The number of thiazole rings is 1. The van der Waals surface area contributed by atoms with E-state index in [2.05, 4.69) is 5.32 Å². The molecule has 122 valence electrons. The maximum absolute atomic E-state index is 12.0. The minimum absolute atomic E-state index is 0.158. The number of carbonyl (C=O) groups is 2. The summed E-state index contributed by atoms with van der Waals surface area (Å²) < 4.78 is 6.48. The van der Waals surface area contributed by atoms with Gasteiger partial charge in [-0.3, -0.25) is 19.0 Å². The summed E-state index contributed by atoms with van der Waals surface area (Å²) in [5, 5.41) is 4.61. The van der Waals surface area contributed by atoms with Crippen LogP contribution in [0.3, 0.4) is 0 Å². The molecular formula is C15H22N2O4S. The Bertz CT molecular complexity index is 587. The number of carbonyl (C=O) groups excluding carboxylic acids is 2. The predicted octanol–water partition coefficient (Wildman–Crippen LogP) is 1.60. The molecule has 7 heteroatoms. The maximum Gasteiger partial charge on any atom is 0.326 e. The fourth-order valence-electron chi connectivity index (χ4n) is 2.58. The van der Waals surface area contributed by atoms with Crippen LogP contribution in [-0.4, -0.2) is 28.6 Å². The Morgan fingerprint density at radius 3 is 2.68 bits per heavy atom. The number of ether oxygens (including phenoxy) is 1. The van der Waals surface area contributed by atoms with Crippen LogP contribution in [0.1, 0.15) is 44.7 Å². The molecule has 1 fully saturated rings. The van der Waals surface area contributed by atoms with Crippen molar-refractivity contribution in [3.05, 3.63) is 20.7 Å². The molecule has 1 N–H and O–H groups in total. The fraction of sp³-hybridized carbons (Fsp3) is 0.667. The minimum Gasteiger partial charge on any atom is -0.451 e. The first kappa shape index (κ1) is 16.7. The van der Waals surface area contributed by atoms with Gasteiger partial charge in [-0.2, -0.15) is 0 Å². The lowest BCUT2D eigenvalue weighted by molar-refractivity contribution is -0.155. The number of aryl methyl sites for hydroxylation is 1. The van der Waals surface area contributed by atoms with Gasteiger partial charge in [0.15, 0.2) is 6.10 Å². The topological polar surface area (TPSA) is 77.4 Å². The van der Waals surface area contributed by atoms with Crippen LogP contribution in [0.2, 0.25) is 0 Å². The first-order chi connectivity index (χ1) is 10.5. The molecule has 0 radical (unpaired) electrons. The zero-order valence-corrected chi connectivity index (χ0v) is 13.8. The summed E-state index contributed by atoms with van der Waals surface area (Å²) in [6, 6.07) is 0.184. The van der Waals surface area contributed by atoms with Crippen LogP contribution < -0.4 is 10.2 Å². The molecule has 1 aliphatic carbocycles. The summed E-state index contributed by atoms with van der Waals surface area (Å²) in [5.41, 5.74) is 0.714. The summed E-state index contributed by atoms with van der Waals surface area (Å²) in [4.78, 5) is 35.2. The Morgan fingerprint density at radius 1 is 1.41 bits per heavy atom. The first-order valence-corrected chi connectivity index (χ1v) is 8.50. The Balaban J connectivity index is 1.82. The maximum atomic E-state index is 12.0. The first-order valence-electron chi connectivity index (χ1n) is 7.62. The molecule has 6 nitrogen and oxygen atoms in total. The number of hydrogen-bond acceptors (Lipinski definition) is 5. The predicted molar refractivity (Wildman–Crippen MR) is 83.9 cm³/mol. The molecule has 0 saturated heterocycles. The quantitative estimate of drug-likeness (QED) is 0.834. The van der Waals surface area contributed by atoms with Crippen molar-refractivity contribution in [1.29, 1.82) is 0 Å². The molecule has 2 rings (SSSR count). The van der Waals surface area contributed by atoms with Gasteiger partial charge in [0.05, 0.1) is 0 Å². The molecule has 0 aromatic carbocycles. The van der Waals surface area contributed by atoms with Gasteiger partial charge >= 0.3 is 10.8 Å². The average Bonchev–Trinajstić information content (AvgIpc) is 2.80. The van der Waals surface area contributed by atoms with Crippen molar-refractivity contribution >= 4 is 23.2 Å². The van der Waals surface area contributed by atoms with Crippen molar-refractivity contribution in [1.82, 2.24) is 9.88 Å². The lowest BCUT2D eigenvalue weighted by Gasteiger charge is -2.24. The van der Waals surface area contributed by atoms with Gasteiger partial charge in [-0.1, -0.05) is 30.6 Å². The molecule has 0 aliphatic heterocycles. The SMILES string of the molecule is Cc1csc(=O)n1CC(=O)O[C@H](C)C(=O)NC1CCCCC1. The highest BCUT2D eigenvalue weighted by Crippen LogP contribution is 2.17. The summed E-state index contributed by atoms with van der Waals surface area (Å²) in [6.07, 6.45) is 4.58. The van der Waals surface area contributed by atoms with Crippen LogP contribution in [0.4, 0.5) is 0 Å². The monoisotopic (exact) mass is 326 g/mol. The van der Waals surface area contributed by atoms with E-state index in [9.17, 15) is 14.4 Å². The Morgan fingerprint density at radius 2 is 2.09 bits per heavy atom. The largest absolute Gasteiger partial charge is 0.451 e. The average molecular weight is 326 g/mol. The number of hydrogen-bond donors (Lipinski definition) is 1. The lowest BCUT2D eigenvalue weighted by Crippen LogP contribution is -2.43.